The van der Waals surface area contributed by atoms with Crippen LogP contribution in [-0.2, 0) is 14.3 Å². The van der Waals surface area contributed by atoms with Crippen LogP contribution in [0.15, 0.2) is 48.5 Å². The topological polar surface area (TPSA) is 105 Å². The van der Waals surface area contributed by atoms with Crippen molar-refractivity contribution in [2.24, 2.45) is 11.3 Å². The highest BCUT2D eigenvalue weighted by Gasteiger charge is 2.38. The predicted octanol–water partition coefficient (Wildman–Crippen LogP) is 4.70. The number of ether oxygens (including phenoxy) is 1. The molecule has 0 bridgehead atoms. The van der Waals surface area contributed by atoms with Gasteiger partial charge in [0.1, 0.15) is 12.6 Å². The fourth-order valence-corrected chi connectivity index (χ4v) is 5.31. The number of amides is 2. The highest BCUT2D eigenvalue weighted by atomic mass is 16.5. The number of hydrogen-bond donors (Lipinski definition) is 3. The predicted molar refractivity (Wildman–Crippen MR) is 133 cm³/mol. The van der Waals surface area contributed by atoms with E-state index in [2.05, 4.69) is 34.9 Å². The number of carbonyl (C=O) groups is 3. The lowest BCUT2D eigenvalue weighted by molar-refractivity contribution is -0.146. The van der Waals surface area contributed by atoms with Crippen LogP contribution >= 0.6 is 0 Å². The Labute approximate surface area is 206 Å². The molecule has 3 atom stereocenters. The molecule has 2 aliphatic rings. The molecule has 7 nitrogen and oxygen atoms in total. The molecule has 0 spiro atoms. The average molecular weight is 479 g/mol. The molecule has 186 valence electrons. The van der Waals surface area contributed by atoms with E-state index in [-0.39, 0.29) is 18.4 Å². The molecule has 1 saturated carbocycles. The molecule has 2 aliphatic carbocycles. The molecule has 0 aliphatic heterocycles. The summed E-state index contributed by atoms with van der Waals surface area (Å²) < 4.78 is 5.67. The fraction of sp³-hybridized carbons (Fsp3) is 0.464. The summed E-state index contributed by atoms with van der Waals surface area (Å²) >= 11 is 0. The second-order valence-electron chi connectivity index (χ2n) is 10.6. The molecule has 7 heteroatoms. The molecule has 4 rings (SSSR count). The van der Waals surface area contributed by atoms with E-state index in [1.54, 1.807) is 20.8 Å². The lowest BCUT2D eigenvalue weighted by Gasteiger charge is -2.34. The molecule has 3 N–H and O–H groups in total. The highest BCUT2D eigenvalue weighted by molar-refractivity contribution is 5.86. The van der Waals surface area contributed by atoms with Crippen molar-refractivity contribution in [3.8, 4) is 11.1 Å². The van der Waals surface area contributed by atoms with Crippen LogP contribution < -0.4 is 10.6 Å². The number of carboxylic acids is 1. The van der Waals surface area contributed by atoms with E-state index in [0.29, 0.717) is 12.8 Å². The van der Waals surface area contributed by atoms with E-state index in [9.17, 15) is 19.5 Å². The minimum absolute atomic E-state index is 0.0401. The van der Waals surface area contributed by atoms with Crippen molar-refractivity contribution in [1.82, 2.24) is 10.6 Å². The number of fused-ring (bicyclic) bond motifs is 3. The first-order valence-corrected chi connectivity index (χ1v) is 12.3. The van der Waals surface area contributed by atoms with Crippen molar-refractivity contribution >= 4 is 18.0 Å². The summed E-state index contributed by atoms with van der Waals surface area (Å²) in [5.41, 5.74) is 3.96. The van der Waals surface area contributed by atoms with Gasteiger partial charge in [0.05, 0.1) is 5.92 Å². The molecule has 0 radical (unpaired) electrons. The Hall–Kier alpha value is -3.35. The molecule has 1 unspecified atom stereocenters. The zero-order valence-corrected chi connectivity index (χ0v) is 20.5. The van der Waals surface area contributed by atoms with Gasteiger partial charge < -0.3 is 20.5 Å². The number of nitrogens with one attached hydrogen (secondary N) is 2. The van der Waals surface area contributed by atoms with E-state index in [4.69, 9.17) is 4.74 Å². The largest absolute Gasteiger partial charge is 0.480 e. The monoisotopic (exact) mass is 478 g/mol. The number of carboxylic acid groups (broad SMARTS) is 1. The van der Waals surface area contributed by atoms with Gasteiger partial charge >= 0.3 is 12.1 Å². The van der Waals surface area contributed by atoms with E-state index in [0.717, 1.165) is 35.1 Å². The van der Waals surface area contributed by atoms with E-state index in [1.807, 2.05) is 24.3 Å². The molecule has 2 aromatic carbocycles. The average Bonchev–Trinajstić information content (AvgIpc) is 3.14. The first-order chi connectivity index (χ1) is 16.7. The number of carbonyl (C=O) groups excluding carboxylic acids is 2. The van der Waals surface area contributed by atoms with Crippen LogP contribution in [0.3, 0.4) is 0 Å². The zero-order chi connectivity index (χ0) is 25.2. The quantitative estimate of drug-likeness (QED) is 0.558. The van der Waals surface area contributed by atoms with Gasteiger partial charge in [0.2, 0.25) is 5.91 Å². The molecule has 2 amide bonds. The first kappa shape index (κ1) is 24.8. The number of benzene rings is 2. The van der Waals surface area contributed by atoms with Crippen LogP contribution in [0, 0.1) is 11.3 Å². The normalized spacial score (nSPS) is 20.3. The number of alkyl carbamates (subject to hydrolysis) is 1. The van der Waals surface area contributed by atoms with Crippen LogP contribution in [0.5, 0.6) is 0 Å². The molecule has 1 fully saturated rings. The van der Waals surface area contributed by atoms with Crippen LogP contribution in [0.4, 0.5) is 4.79 Å². The van der Waals surface area contributed by atoms with Gasteiger partial charge in [0, 0.05) is 12.0 Å². The maximum absolute atomic E-state index is 13.0. The third kappa shape index (κ3) is 5.34. The van der Waals surface area contributed by atoms with Crippen LogP contribution in [0.2, 0.25) is 0 Å². The van der Waals surface area contributed by atoms with Crippen molar-refractivity contribution in [2.75, 3.05) is 6.61 Å². The second-order valence-corrected chi connectivity index (χ2v) is 10.6. The molecular weight excluding hydrogens is 444 g/mol. The Morgan fingerprint density at radius 2 is 1.54 bits per heavy atom. The van der Waals surface area contributed by atoms with Crippen molar-refractivity contribution in [1.29, 1.82) is 0 Å². The van der Waals surface area contributed by atoms with Crippen molar-refractivity contribution < 1.29 is 24.2 Å². The Bertz CT molecular complexity index is 1060. The summed E-state index contributed by atoms with van der Waals surface area (Å²) in [6, 6.07) is 14.9. The fourth-order valence-electron chi connectivity index (χ4n) is 5.31. The van der Waals surface area contributed by atoms with Gasteiger partial charge in [-0.3, -0.25) is 4.79 Å². The SMILES string of the molecule is CC(C)(C)C(NC(=O)[C@H]1CCCC[C@H]1NC(=O)OCC1c2ccccc2-c2ccccc21)C(=O)O. The van der Waals surface area contributed by atoms with Crippen molar-refractivity contribution in [3.63, 3.8) is 0 Å². The van der Waals surface area contributed by atoms with Gasteiger partial charge in [-0.15, -0.1) is 0 Å². The van der Waals surface area contributed by atoms with E-state index < -0.39 is 35.5 Å². The number of rotatable bonds is 6. The van der Waals surface area contributed by atoms with Gasteiger partial charge in [0.25, 0.3) is 0 Å². The van der Waals surface area contributed by atoms with E-state index in [1.165, 1.54) is 0 Å². The summed E-state index contributed by atoms with van der Waals surface area (Å²) in [7, 11) is 0. The van der Waals surface area contributed by atoms with Crippen LogP contribution in [0.25, 0.3) is 11.1 Å². The van der Waals surface area contributed by atoms with Crippen LogP contribution in [0.1, 0.15) is 63.5 Å². The zero-order valence-electron chi connectivity index (χ0n) is 20.5. The van der Waals surface area contributed by atoms with Crippen molar-refractivity contribution in [3.05, 3.63) is 59.7 Å². The summed E-state index contributed by atoms with van der Waals surface area (Å²) in [5.74, 6) is -1.94. The lowest BCUT2D eigenvalue weighted by Crippen LogP contribution is -2.55. The molecule has 0 aromatic heterocycles. The van der Waals surface area contributed by atoms with Gasteiger partial charge in [-0.05, 0) is 40.5 Å². The Kier molecular flexibility index (Phi) is 7.15. The molecule has 35 heavy (non-hydrogen) atoms. The van der Waals surface area contributed by atoms with Crippen LogP contribution in [-0.4, -0.2) is 41.8 Å². The van der Waals surface area contributed by atoms with Gasteiger partial charge in [0.15, 0.2) is 0 Å². The molecule has 0 saturated heterocycles. The molecular formula is C28H34N2O5. The highest BCUT2D eigenvalue weighted by Crippen LogP contribution is 2.44. The standard InChI is InChI=1S/C28H34N2O5/c1-28(2,3)24(26(32)33)30-25(31)21-14-8-9-15-23(21)29-27(34)35-16-22-19-12-6-4-10-17(19)18-11-5-7-13-20(18)22/h4-7,10-13,21-24H,8-9,14-16H2,1-3H3,(H,29,34)(H,30,31)(H,32,33)/t21-,23+,24?/m0/s1. The van der Waals surface area contributed by atoms with Gasteiger partial charge in [-0.25, -0.2) is 9.59 Å². The van der Waals surface area contributed by atoms with Gasteiger partial charge in [-0.1, -0.05) is 82.1 Å². The molecule has 0 heterocycles. The summed E-state index contributed by atoms with van der Waals surface area (Å²) in [4.78, 5) is 37.5. The maximum atomic E-state index is 13.0. The second kappa shape index (κ2) is 10.1. The minimum Gasteiger partial charge on any atom is -0.480 e. The van der Waals surface area contributed by atoms with Gasteiger partial charge in [-0.2, -0.15) is 0 Å². The maximum Gasteiger partial charge on any atom is 0.407 e. The Balaban J connectivity index is 1.40. The Morgan fingerprint density at radius 3 is 2.11 bits per heavy atom. The summed E-state index contributed by atoms with van der Waals surface area (Å²) in [6.07, 6.45) is 2.43. The lowest BCUT2D eigenvalue weighted by atomic mass is 9.82. The summed E-state index contributed by atoms with van der Waals surface area (Å²) in [6.45, 7) is 5.53. The van der Waals surface area contributed by atoms with Crippen molar-refractivity contribution in [2.45, 2.75) is 64.5 Å². The number of hydrogen-bond acceptors (Lipinski definition) is 4. The molecule has 2 aromatic rings. The smallest absolute Gasteiger partial charge is 0.407 e. The minimum atomic E-state index is -1.07. The Morgan fingerprint density at radius 1 is 0.971 bits per heavy atom. The third-order valence-corrected chi connectivity index (χ3v) is 7.15. The third-order valence-electron chi connectivity index (χ3n) is 7.15. The summed E-state index contributed by atoms with van der Waals surface area (Å²) in [5, 5.41) is 15.2. The van der Waals surface area contributed by atoms with E-state index >= 15 is 0 Å². The number of aliphatic carboxylic acids is 1. The first-order valence-electron chi connectivity index (χ1n) is 12.3.